The zero-order valence-electron chi connectivity index (χ0n) is 11.8. The second-order valence-electron chi connectivity index (χ2n) is 4.50. The summed E-state index contributed by atoms with van der Waals surface area (Å²) in [5.74, 6) is 0.392. The molecule has 110 valence electrons. The monoisotopic (exact) mass is 295 g/mol. The zero-order chi connectivity index (χ0) is 15.0. The number of rotatable bonds is 7. The van der Waals surface area contributed by atoms with E-state index in [1.807, 2.05) is 24.5 Å². The van der Waals surface area contributed by atoms with Gasteiger partial charge < -0.3 is 16.0 Å². The predicted molar refractivity (Wildman–Crippen MR) is 83.7 cm³/mol. The largest absolute Gasteiger partial charge is 0.335 e. The van der Waals surface area contributed by atoms with Crippen LogP contribution in [0.4, 0.5) is 5.69 Å². The van der Waals surface area contributed by atoms with Gasteiger partial charge >= 0.3 is 0 Å². The quantitative estimate of drug-likeness (QED) is 0.791. The maximum atomic E-state index is 11.9. The molecule has 1 aromatic rings. The molecule has 0 aliphatic carbocycles. The molecule has 0 saturated heterocycles. The fourth-order valence-electron chi connectivity index (χ4n) is 1.67. The Morgan fingerprint density at radius 2 is 2.00 bits per heavy atom. The van der Waals surface area contributed by atoms with E-state index < -0.39 is 6.04 Å². The molecule has 0 saturated carbocycles. The van der Waals surface area contributed by atoms with E-state index in [4.69, 9.17) is 5.73 Å². The number of carbonyl (C=O) groups excluding carboxylic acids is 2. The Kier molecular flexibility index (Phi) is 7.11. The number of nitrogens with one attached hydrogen (secondary N) is 1. The van der Waals surface area contributed by atoms with Gasteiger partial charge in [0.15, 0.2) is 0 Å². The normalized spacial score (nSPS) is 11.8. The second-order valence-corrected chi connectivity index (χ2v) is 5.48. The minimum Gasteiger partial charge on any atom is -0.335 e. The number of amides is 2. The van der Waals surface area contributed by atoms with E-state index >= 15 is 0 Å². The molecule has 0 bridgehead atoms. The number of para-hydroxylation sites is 1. The molecule has 0 unspecified atom stereocenters. The van der Waals surface area contributed by atoms with Crippen LogP contribution in [-0.2, 0) is 9.59 Å². The molecule has 0 heterocycles. The highest BCUT2D eigenvalue weighted by Gasteiger charge is 2.19. The number of hydrogen-bond acceptors (Lipinski definition) is 4. The molecule has 3 N–H and O–H groups in total. The number of likely N-dealkylation sites (N-methyl/N-ethyl adjacent to an activating group) is 1. The molecule has 5 nitrogen and oxygen atoms in total. The fourth-order valence-corrected chi connectivity index (χ4v) is 2.16. The highest BCUT2D eigenvalue weighted by atomic mass is 32.2. The van der Waals surface area contributed by atoms with Gasteiger partial charge in [-0.1, -0.05) is 18.2 Å². The number of thioether (sulfide) groups is 1. The molecule has 0 aliphatic heterocycles. The van der Waals surface area contributed by atoms with Crippen LogP contribution in [0, 0.1) is 0 Å². The van der Waals surface area contributed by atoms with Crippen molar-refractivity contribution in [3.05, 3.63) is 30.3 Å². The summed E-state index contributed by atoms with van der Waals surface area (Å²) in [4.78, 5) is 25.1. The van der Waals surface area contributed by atoms with E-state index in [-0.39, 0.29) is 18.4 Å². The topological polar surface area (TPSA) is 75.4 Å². The summed E-state index contributed by atoms with van der Waals surface area (Å²) in [5, 5.41) is 2.73. The molecule has 0 fully saturated rings. The van der Waals surface area contributed by atoms with Crippen molar-refractivity contribution in [3.63, 3.8) is 0 Å². The third kappa shape index (κ3) is 5.63. The van der Waals surface area contributed by atoms with Crippen LogP contribution in [0.5, 0.6) is 0 Å². The van der Waals surface area contributed by atoms with Gasteiger partial charge in [-0.05, 0) is 30.6 Å². The summed E-state index contributed by atoms with van der Waals surface area (Å²) in [6.07, 6.45) is 2.58. The van der Waals surface area contributed by atoms with Crippen LogP contribution in [-0.4, -0.2) is 48.4 Å². The predicted octanol–water partition coefficient (Wildman–Crippen LogP) is 1.16. The minimum atomic E-state index is -0.544. The summed E-state index contributed by atoms with van der Waals surface area (Å²) in [6.45, 7) is 0.000690. The van der Waals surface area contributed by atoms with Gasteiger partial charge in [-0.15, -0.1) is 0 Å². The van der Waals surface area contributed by atoms with Crippen LogP contribution in [0.25, 0.3) is 0 Å². The lowest BCUT2D eigenvalue weighted by molar-refractivity contribution is -0.134. The van der Waals surface area contributed by atoms with Crippen molar-refractivity contribution >= 4 is 29.3 Å². The highest BCUT2D eigenvalue weighted by molar-refractivity contribution is 7.98. The second kappa shape index (κ2) is 8.60. The summed E-state index contributed by atoms with van der Waals surface area (Å²) in [5.41, 5.74) is 6.51. The molecule has 2 amide bonds. The molecule has 1 atom stereocenters. The van der Waals surface area contributed by atoms with Crippen LogP contribution in [0.2, 0.25) is 0 Å². The van der Waals surface area contributed by atoms with E-state index in [1.165, 1.54) is 4.90 Å². The van der Waals surface area contributed by atoms with Crippen molar-refractivity contribution in [1.29, 1.82) is 0 Å². The average molecular weight is 295 g/mol. The third-order valence-corrected chi connectivity index (χ3v) is 3.41. The van der Waals surface area contributed by atoms with Crippen LogP contribution < -0.4 is 11.1 Å². The van der Waals surface area contributed by atoms with Crippen molar-refractivity contribution < 1.29 is 9.59 Å². The number of anilines is 1. The number of carbonyl (C=O) groups is 2. The fraction of sp³-hybridized carbons (Fsp3) is 0.429. The first-order chi connectivity index (χ1) is 9.54. The van der Waals surface area contributed by atoms with Crippen molar-refractivity contribution in [2.75, 3.05) is 30.9 Å². The Bertz CT molecular complexity index is 439. The van der Waals surface area contributed by atoms with Crippen molar-refractivity contribution in [2.45, 2.75) is 12.5 Å². The smallest absolute Gasteiger partial charge is 0.243 e. The molecular weight excluding hydrogens is 274 g/mol. The summed E-state index contributed by atoms with van der Waals surface area (Å²) in [7, 11) is 1.59. The lowest BCUT2D eigenvalue weighted by Gasteiger charge is -2.20. The van der Waals surface area contributed by atoms with Gasteiger partial charge in [0.25, 0.3) is 0 Å². The van der Waals surface area contributed by atoms with Gasteiger partial charge in [-0.25, -0.2) is 0 Å². The molecule has 1 aromatic carbocycles. The van der Waals surface area contributed by atoms with E-state index in [2.05, 4.69) is 5.32 Å². The number of benzene rings is 1. The molecule has 6 heteroatoms. The summed E-state index contributed by atoms with van der Waals surface area (Å²) < 4.78 is 0. The molecule has 20 heavy (non-hydrogen) atoms. The van der Waals surface area contributed by atoms with E-state index in [1.54, 1.807) is 30.9 Å². The van der Waals surface area contributed by atoms with Crippen LogP contribution >= 0.6 is 11.8 Å². The number of hydrogen-bond donors (Lipinski definition) is 2. The maximum absolute atomic E-state index is 11.9. The third-order valence-electron chi connectivity index (χ3n) is 2.76. The van der Waals surface area contributed by atoms with E-state index in [0.29, 0.717) is 12.1 Å². The highest BCUT2D eigenvalue weighted by Crippen LogP contribution is 2.05. The van der Waals surface area contributed by atoms with Crippen molar-refractivity contribution in [2.24, 2.45) is 5.73 Å². The maximum Gasteiger partial charge on any atom is 0.243 e. The lowest BCUT2D eigenvalue weighted by Crippen LogP contribution is -2.45. The Morgan fingerprint density at radius 3 is 2.60 bits per heavy atom. The molecular formula is C14H21N3O2S. The standard InChI is InChI=1S/C14H21N3O2S/c1-17(14(19)12(15)8-9-20-2)10-13(18)16-11-6-4-3-5-7-11/h3-7,12H,8-10,15H2,1-2H3,(H,16,18)/t12-/m1/s1. The van der Waals surface area contributed by atoms with Crippen molar-refractivity contribution in [1.82, 2.24) is 4.90 Å². The first-order valence-electron chi connectivity index (χ1n) is 6.39. The molecule has 0 radical (unpaired) electrons. The number of nitrogens with two attached hydrogens (primary N) is 1. The van der Waals surface area contributed by atoms with Crippen molar-refractivity contribution in [3.8, 4) is 0 Å². The lowest BCUT2D eigenvalue weighted by atomic mass is 10.2. The zero-order valence-corrected chi connectivity index (χ0v) is 12.7. The Hall–Kier alpha value is -1.53. The van der Waals surface area contributed by atoms with Crippen LogP contribution in [0.15, 0.2) is 30.3 Å². The molecule has 0 aromatic heterocycles. The van der Waals surface area contributed by atoms with E-state index in [0.717, 1.165) is 5.75 Å². The SMILES string of the molecule is CSCC[C@@H](N)C(=O)N(C)CC(=O)Nc1ccccc1. The molecule has 1 rings (SSSR count). The first kappa shape index (κ1) is 16.5. The van der Waals surface area contributed by atoms with Crippen LogP contribution in [0.3, 0.4) is 0 Å². The van der Waals surface area contributed by atoms with Gasteiger partial charge in [-0.2, -0.15) is 11.8 Å². The Balaban J connectivity index is 2.42. The summed E-state index contributed by atoms with van der Waals surface area (Å²) in [6, 6.07) is 8.59. The van der Waals surface area contributed by atoms with Crippen LogP contribution in [0.1, 0.15) is 6.42 Å². The van der Waals surface area contributed by atoms with Gasteiger partial charge in [0.1, 0.15) is 0 Å². The van der Waals surface area contributed by atoms with Gasteiger partial charge in [-0.3, -0.25) is 9.59 Å². The molecule has 0 spiro atoms. The van der Waals surface area contributed by atoms with Gasteiger partial charge in [0.2, 0.25) is 11.8 Å². The Morgan fingerprint density at radius 1 is 1.35 bits per heavy atom. The summed E-state index contributed by atoms with van der Waals surface area (Å²) >= 11 is 1.64. The van der Waals surface area contributed by atoms with Gasteiger partial charge in [0, 0.05) is 12.7 Å². The van der Waals surface area contributed by atoms with Gasteiger partial charge in [0.05, 0.1) is 12.6 Å². The number of nitrogens with zero attached hydrogens (tertiary/aromatic N) is 1. The average Bonchev–Trinajstić information content (AvgIpc) is 2.44. The molecule has 0 aliphatic rings. The first-order valence-corrected chi connectivity index (χ1v) is 7.78. The Labute approximate surface area is 123 Å². The minimum absolute atomic E-state index is 0.000690. The van der Waals surface area contributed by atoms with E-state index in [9.17, 15) is 9.59 Å².